The van der Waals surface area contributed by atoms with Gasteiger partial charge in [0.05, 0.1) is 13.6 Å². The summed E-state index contributed by atoms with van der Waals surface area (Å²) in [5.41, 5.74) is 2.39. The Balaban J connectivity index is 1.85. The SMILES string of the molecule is Cc1ccc(C)c(Oc2[nH]c3c(c(=O)n(Cc4ccc(F)cc4)c(=O)n3C)[n+]2C)c1. The summed E-state index contributed by atoms with van der Waals surface area (Å²) >= 11 is 0. The molecule has 0 saturated heterocycles. The Labute approximate surface area is 171 Å². The summed E-state index contributed by atoms with van der Waals surface area (Å²) in [6.45, 7) is 3.94. The quantitative estimate of drug-likeness (QED) is 0.526. The van der Waals surface area contributed by atoms with Crippen molar-refractivity contribution in [1.82, 2.24) is 14.1 Å². The van der Waals surface area contributed by atoms with Crippen molar-refractivity contribution in [2.75, 3.05) is 0 Å². The van der Waals surface area contributed by atoms with E-state index in [4.69, 9.17) is 4.74 Å². The summed E-state index contributed by atoms with van der Waals surface area (Å²) in [6.07, 6.45) is 0. The fourth-order valence-corrected chi connectivity index (χ4v) is 3.41. The molecule has 0 saturated carbocycles. The third-order valence-corrected chi connectivity index (χ3v) is 5.19. The summed E-state index contributed by atoms with van der Waals surface area (Å²) < 4.78 is 23.3. The minimum absolute atomic E-state index is 0.0418. The third kappa shape index (κ3) is 3.30. The Kier molecular flexibility index (Phi) is 4.77. The van der Waals surface area contributed by atoms with E-state index in [9.17, 15) is 14.0 Å². The van der Waals surface area contributed by atoms with E-state index >= 15 is 0 Å². The molecule has 0 aliphatic carbocycles. The molecule has 154 valence electrons. The molecular weight excluding hydrogens is 387 g/mol. The van der Waals surface area contributed by atoms with Crippen LogP contribution in [0, 0.1) is 19.7 Å². The topological polar surface area (TPSA) is 72.9 Å². The van der Waals surface area contributed by atoms with Crippen molar-refractivity contribution in [1.29, 1.82) is 0 Å². The zero-order valence-electron chi connectivity index (χ0n) is 17.2. The van der Waals surface area contributed by atoms with E-state index in [-0.39, 0.29) is 12.4 Å². The molecule has 2 aromatic heterocycles. The van der Waals surface area contributed by atoms with E-state index in [0.717, 1.165) is 15.7 Å². The molecule has 8 heteroatoms. The van der Waals surface area contributed by atoms with E-state index < -0.39 is 11.2 Å². The van der Waals surface area contributed by atoms with Gasteiger partial charge in [-0.3, -0.25) is 13.9 Å². The molecule has 0 radical (unpaired) electrons. The van der Waals surface area contributed by atoms with Crippen molar-refractivity contribution in [2.45, 2.75) is 20.4 Å². The molecule has 2 aromatic carbocycles. The van der Waals surface area contributed by atoms with Crippen molar-refractivity contribution < 1.29 is 13.7 Å². The molecule has 4 aromatic rings. The highest BCUT2D eigenvalue weighted by molar-refractivity contribution is 5.66. The monoisotopic (exact) mass is 409 g/mol. The number of rotatable bonds is 4. The average molecular weight is 409 g/mol. The second-order valence-electron chi connectivity index (χ2n) is 7.42. The Bertz CT molecular complexity index is 1380. The molecule has 0 bridgehead atoms. The third-order valence-electron chi connectivity index (χ3n) is 5.19. The molecule has 4 rings (SSSR count). The van der Waals surface area contributed by atoms with Crippen molar-refractivity contribution in [3.8, 4) is 11.8 Å². The molecule has 0 spiro atoms. The van der Waals surface area contributed by atoms with Gasteiger partial charge < -0.3 is 4.74 Å². The number of nitrogens with zero attached hydrogens (tertiary/aromatic N) is 3. The van der Waals surface area contributed by atoms with Crippen LogP contribution in [0.3, 0.4) is 0 Å². The van der Waals surface area contributed by atoms with Gasteiger partial charge in [-0.2, -0.15) is 9.55 Å². The van der Waals surface area contributed by atoms with Gasteiger partial charge in [0.15, 0.2) is 0 Å². The molecule has 0 fully saturated rings. The first kappa shape index (κ1) is 19.6. The van der Waals surface area contributed by atoms with Gasteiger partial charge in [0.1, 0.15) is 11.6 Å². The number of benzene rings is 2. The van der Waals surface area contributed by atoms with Gasteiger partial charge in [-0.05, 0) is 48.7 Å². The first-order valence-electron chi connectivity index (χ1n) is 9.47. The number of hydrogen-bond acceptors (Lipinski definition) is 3. The number of aryl methyl sites for hydroxylation is 4. The fourth-order valence-electron chi connectivity index (χ4n) is 3.41. The van der Waals surface area contributed by atoms with Crippen LogP contribution in [0.1, 0.15) is 16.7 Å². The Morgan fingerprint density at radius 3 is 2.50 bits per heavy atom. The second kappa shape index (κ2) is 7.29. The van der Waals surface area contributed by atoms with E-state index in [0.29, 0.717) is 28.5 Å². The largest absolute Gasteiger partial charge is 0.461 e. The maximum absolute atomic E-state index is 13.2. The zero-order valence-corrected chi connectivity index (χ0v) is 17.2. The van der Waals surface area contributed by atoms with Gasteiger partial charge in [-0.1, -0.05) is 24.3 Å². The molecule has 30 heavy (non-hydrogen) atoms. The van der Waals surface area contributed by atoms with Crippen LogP contribution in [0.25, 0.3) is 11.2 Å². The van der Waals surface area contributed by atoms with Crippen molar-refractivity contribution in [2.24, 2.45) is 14.1 Å². The van der Waals surface area contributed by atoms with E-state index in [1.807, 2.05) is 32.0 Å². The molecule has 0 amide bonds. The van der Waals surface area contributed by atoms with Crippen LogP contribution in [0.2, 0.25) is 0 Å². The highest BCUT2D eigenvalue weighted by Gasteiger charge is 2.26. The number of ether oxygens (including phenoxy) is 1. The van der Waals surface area contributed by atoms with Crippen LogP contribution in [-0.2, 0) is 20.6 Å². The van der Waals surface area contributed by atoms with Crippen molar-refractivity contribution in [3.63, 3.8) is 0 Å². The Morgan fingerprint density at radius 2 is 1.80 bits per heavy atom. The minimum Gasteiger partial charge on any atom is -0.391 e. The van der Waals surface area contributed by atoms with E-state index in [1.54, 1.807) is 30.8 Å². The zero-order chi connectivity index (χ0) is 21.6. The summed E-state index contributed by atoms with van der Waals surface area (Å²) in [7, 11) is 3.29. The first-order chi connectivity index (χ1) is 14.3. The predicted octanol–water partition coefficient (Wildman–Crippen LogP) is 2.45. The Morgan fingerprint density at radius 1 is 1.10 bits per heavy atom. The molecule has 2 heterocycles. The van der Waals surface area contributed by atoms with E-state index in [1.165, 1.54) is 16.7 Å². The lowest BCUT2D eigenvalue weighted by Gasteiger charge is -2.07. The predicted molar refractivity (Wildman–Crippen MR) is 110 cm³/mol. The maximum Gasteiger partial charge on any atom is 0.461 e. The van der Waals surface area contributed by atoms with Crippen LogP contribution in [-0.4, -0.2) is 14.1 Å². The lowest BCUT2D eigenvalue weighted by molar-refractivity contribution is -0.650. The maximum atomic E-state index is 13.2. The number of nitrogens with one attached hydrogen (secondary N) is 1. The lowest BCUT2D eigenvalue weighted by atomic mass is 10.1. The van der Waals surface area contributed by atoms with Gasteiger partial charge >= 0.3 is 17.3 Å². The summed E-state index contributed by atoms with van der Waals surface area (Å²) in [5, 5.41) is 0. The number of aromatic nitrogens is 4. The second-order valence-corrected chi connectivity index (χ2v) is 7.42. The summed E-state index contributed by atoms with van der Waals surface area (Å²) in [4.78, 5) is 29.0. The number of imidazole rings is 1. The number of H-pyrrole nitrogens is 1. The summed E-state index contributed by atoms with van der Waals surface area (Å²) in [5.74, 6) is 0.286. The van der Waals surface area contributed by atoms with Gasteiger partial charge in [0.2, 0.25) is 0 Å². The van der Waals surface area contributed by atoms with Crippen LogP contribution < -0.4 is 20.6 Å². The normalized spacial score (nSPS) is 11.2. The van der Waals surface area contributed by atoms with Crippen LogP contribution in [0.15, 0.2) is 52.1 Å². The van der Waals surface area contributed by atoms with Gasteiger partial charge in [-0.15, -0.1) is 0 Å². The van der Waals surface area contributed by atoms with Crippen LogP contribution in [0.5, 0.6) is 11.8 Å². The molecule has 0 atom stereocenters. The Hall–Kier alpha value is -3.68. The molecule has 0 aliphatic rings. The van der Waals surface area contributed by atoms with Gasteiger partial charge in [-0.25, -0.2) is 9.18 Å². The minimum atomic E-state index is -0.475. The average Bonchev–Trinajstić information content (AvgIpc) is 3.04. The van der Waals surface area contributed by atoms with E-state index in [2.05, 4.69) is 4.98 Å². The number of halogens is 1. The summed E-state index contributed by atoms with van der Waals surface area (Å²) in [6, 6.07) is 11.9. The molecular formula is C22H22FN4O3+. The highest BCUT2D eigenvalue weighted by Crippen LogP contribution is 2.24. The molecule has 0 aliphatic heterocycles. The smallest absolute Gasteiger partial charge is 0.391 e. The van der Waals surface area contributed by atoms with Crippen LogP contribution >= 0.6 is 0 Å². The van der Waals surface area contributed by atoms with Gasteiger partial charge in [0.25, 0.3) is 11.2 Å². The lowest BCUT2D eigenvalue weighted by Crippen LogP contribution is -2.43. The van der Waals surface area contributed by atoms with Gasteiger partial charge in [0, 0.05) is 7.05 Å². The van der Waals surface area contributed by atoms with Crippen molar-refractivity contribution in [3.05, 3.63) is 85.8 Å². The number of fused-ring (bicyclic) bond motifs is 1. The first-order valence-corrected chi connectivity index (χ1v) is 9.47. The fraction of sp³-hybridized carbons (Fsp3) is 0.227. The standard InChI is InChI=1S/C22H21FN4O3/c1-13-5-6-14(2)17(11-13)30-21-24-19-18(25(21)3)20(28)27(22(29)26(19)4)12-15-7-9-16(23)10-8-15/h5-11H,12H2,1-4H3/p+1. The molecule has 7 nitrogen and oxygen atoms in total. The molecule has 0 unspecified atom stereocenters. The van der Waals surface area contributed by atoms with Crippen LogP contribution in [0.4, 0.5) is 4.39 Å². The van der Waals surface area contributed by atoms with Crippen molar-refractivity contribution >= 4 is 11.2 Å². The number of hydrogen-bond donors (Lipinski definition) is 1. The number of aromatic amines is 1. The highest BCUT2D eigenvalue weighted by atomic mass is 19.1. The molecule has 1 N–H and O–H groups in total.